The molecule has 4 N–H and O–H groups in total. The summed E-state index contributed by atoms with van der Waals surface area (Å²) in [6, 6.07) is -1.38. The number of rotatable bonds is 41. The molecule has 0 aliphatic carbocycles. The Bertz CT molecular complexity index is 1100. The maximum atomic E-state index is 12.8. The summed E-state index contributed by atoms with van der Waals surface area (Å²) in [7, 11) is 0. The van der Waals surface area contributed by atoms with Crippen LogP contribution < -0.4 is 10.6 Å². The van der Waals surface area contributed by atoms with E-state index in [2.05, 4.69) is 73.1 Å². The normalized spacial score (nSPS) is 12.9. The summed E-state index contributed by atoms with van der Waals surface area (Å²) in [4.78, 5) is 47.6. The molecule has 9 nitrogen and oxygen atoms in total. The Morgan fingerprint density at radius 3 is 1.51 bits per heavy atom. The average molecular weight is 801 g/mol. The van der Waals surface area contributed by atoms with Crippen molar-refractivity contribution in [3.63, 3.8) is 0 Å². The van der Waals surface area contributed by atoms with Crippen LogP contribution in [0, 0.1) is 0 Å². The molecule has 2 atom stereocenters. The Kier molecular flexibility index (Phi) is 40.0. The third-order valence-electron chi connectivity index (χ3n) is 10.1. The lowest BCUT2D eigenvalue weighted by Gasteiger charge is -2.18. The minimum atomic E-state index is -1.38. The second-order valence-corrected chi connectivity index (χ2v) is 15.5. The molecule has 0 aliphatic heterocycles. The van der Waals surface area contributed by atoms with Gasteiger partial charge in [-0.3, -0.25) is 14.4 Å². The number of aliphatic carboxylic acids is 1. The summed E-state index contributed by atoms with van der Waals surface area (Å²) in [6.07, 6.45) is 50.0. The van der Waals surface area contributed by atoms with Crippen molar-refractivity contribution in [1.82, 2.24) is 10.6 Å². The number of aliphatic hydroxyl groups is 1. The molecule has 0 aromatic heterocycles. The predicted molar refractivity (Wildman–Crippen MR) is 236 cm³/mol. The van der Waals surface area contributed by atoms with E-state index in [4.69, 9.17) is 14.9 Å². The van der Waals surface area contributed by atoms with Gasteiger partial charge in [-0.2, -0.15) is 0 Å². The number of unbranched alkanes of at least 4 members (excludes halogenated alkanes) is 19. The molecule has 9 heteroatoms. The molecule has 0 radical (unpaired) electrons. The lowest BCUT2D eigenvalue weighted by Crippen LogP contribution is -2.47. The molecule has 0 rings (SSSR count). The molecule has 328 valence electrons. The molecular weight excluding hydrogens is 717 g/mol. The Balaban J connectivity index is 4.15. The first-order chi connectivity index (χ1) is 27.8. The van der Waals surface area contributed by atoms with Crippen LogP contribution in [0.3, 0.4) is 0 Å². The quantitative estimate of drug-likeness (QED) is 0.0274. The van der Waals surface area contributed by atoms with Crippen LogP contribution in [0.2, 0.25) is 0 Å². The van der Waals surface area contributed by atoms with Crippen LogP contribution in [0.4, 0.5) is 0 Å². The number of carbonyl (C=O) groups excluding carboxylic acids is 3. The van der Waals surface area contributed by atoms with E-state index in [0.717, 1.165) is 83.5 Å². The summed E-state index contributed by atoms with van der Waals surface area (Å²) >= 11 is 0. The van der Waals surface area contributed by atoms with Gasteiger partial charge < -0.3 is 25.6 Å². The fourth-order valence-corrected chi connectivity index (χ4v) is 6.59. The third kappa shape index (κ3) is 39.4. The molecule has 0 bridgehead atoms. The van der Waals surface area contributed by atoms with Crippen LogP contribution in [0.15, 0.2) is 48.6 Å². The minimum Gasteiger partial charge on any atom is -0.480 e. The number of esters is 1. The maximum Gasteiger partial charge on any atom is 0.328 e. The second kappa shape index (κ2) is 42.4. The van der Waals surface area contributed by atoms with Gasteiger partial charge in [0, 0.05) is 12.8 Å². The van der Waals surface area contributed by atoms with Gasteiger partial charge in [0.2, 0.25) is 11.8 Å². The molecule has 57 heavy (non-hydrogen) atoms. The maximum absolute atomic E-state index is 12.8. The van der Waals surface area contributed by atoms with Crippen molar-refractivity contribution in [3.8, 4) is 0 Å². The fourth-order valence-electron chi connectivity index (χ4n) is 6.59. The highest BCUT2D eigenvalue weighted by atomic mass is 16.5. The standard InChI is InChI=1S/C48H84N2O7/c1-3-5-7-9-11-13-14-15-16-17-18-19-20-21-22-23-24-25-27-32-36-40-47(54)57-43(37-33-29-26-12-10-8-6-4-2)38-34-30-28-31-35-39-45(52)49-41-46(53)50-44(42-51)48(55)56/h5,7,11,13,15-16,18-19,43-44,51H,3-4,6,8-10,12,14,17,20-42H2,1-2H3,(H,49,52)(H,50,53)(H,55,56)/b7-5-,13-11-,16-15-,19-18-. The van der Waals surface area contributed by atoms with Crippen molar-refractivity contribution in [2.24, 2.45) is 0 Å². The molecule has 2 amide bonds. The summed E-state index contributed by atoms with van der Waals surface area (Å²) in [6.45, 7) is 3.36. The van der Waals surface area contributed by atoms with E-state index < -0.39 is 24.5 Å². The van der Waals surface area contributed by atoms with Crippen molar-refractivity contribution in [2.45, 2.75) is 219 Å². The molecule has 0 aliphatic rings. The van der Waals surface area contributed by atoms with Gasteiger partial charge >= 0.3 is 11.9 Å². The number of amides is 2. The largest absolute Gasteiger partial charge is 0.480 e. The van der Waals surface area contributed by atoms with E-state index in [0.29, 0.717) is 19.3 Å². The number of ether oxygens (including phenoxy) is 1. The number of hydrogen-bond donors (Lipinski definition) is 4. The number of nitrogens with one attached hydrogen (secondary N) is 2. The van der Waals surface area contributed by atoms with Gasteiger partial charge in [0.25, 0.3) is 0 Å². The second-order valence-electron chi connectivity index (χ2n) is 15.5. The Hall–Kier alpha value is -3.20. The molecule has 0 heterocycles. The van der Waals surface area contributed by atoms with Gasteiger partial charge in [-0.1, -0.05) is 165 Å². The van der Waals surface area contributed by atoms with E-state index in [1.807, 2.05) is 0 Å². The monoisotopic (exact) mass is 801 g/mol. The molecule has 0 spiro atoms. The Morgan fingerprint density at radius 1 is 0.544 bits per heavy atom. The van der Waals surface area contributed by atoms with Crippen LogP contribution in [-0.2, 0) is 23.9 Å². The zero-order valence-electron chi connectivity index (χ0n) is 36.3. The van der Waals surface area contributed by atoms with Crippen LogP contribution in [0.5, 0.6) is 0 Å². The predicted octanol–water partition coefficient (Wildman–Crippen LogP) is 11.5. The van der Waals surface area contributed by atoms with Gasteiger partial charge in [0.1, 0.15) is 12.1 Å². The van der Waals surface area contributed by atoms with Gasteiger partial charge in [-0.05, 0) is 77.0 Å². The molecule has 0 aromatic carbocycles. The molecule has 0 saturated heterocycles. The molecule has 0 saturated carbocycles. The van der Waals surface area contributed by atoms with Crippen molar-refractivity contribution in [3.05, 3.63) is 48.6 Å². The average Bonchev–Trinajstić information content (AvgIpc) is 3.20. The van der Waals surface area contributed by atoms with Crippen molar-refractivity contribution in [1.29, 1.82) is 0 Å². The first-order valence-corrected chi connectivity index (χ1v) is 23.0. The molecular formula is C48H84N2O7. The van der Waals surface area contributed by atoms with E-state index in [1.54, 1.807) is 0 Å². The Morgan fingerprint density at radius 2 is 1.00 bits per heavy atom. The molecule has 0 aromatic rings. The summed E-state index contributed by atoms with van der Waals surface area (Å²) in [5, 5.41) is 22.6. The minimum absolute atomic E-state index is 0.0160. The van der Waals surface area contributed by atoms with E-state index in [1.165, 1.54) is 89.9 Å². The Labute approximate surface area is 348 Å². The van der Waals surface area contributed by atoms with Gasteiger partial charge in [-0.25, -0.2) is 4.79 Å². The number of carboxylic acids is 1. The van der Waals surface area contributed by atoms with Crippen molar-refractivity contribution in [2.75, 3.05) is 13.2 Å². The molecule has 2 unspecified atom stereocenters. The smallest absolute Gasteiger partial charge is 0.328 e. The molecule has 0 fully saturated rings. The highest BCUT2D eigenvalue weighted by Crippen LogP contribution is 2.19. The SMILES string of the molecule is CC/C=C\C/C=C\C/C=C\C/C=C\CCCCCCCCCCC(=O)OC(CCCCCCCCCC)CCCCCCCC(=O)NCC(=O)NC(CO)C(=O)O. The highest BCUT2D eigenvalue weighted by Gasteiger charge is 2.19. The van der Waals surface area contributed by atoms with Crippen LogP contribution in [-0.4, -0.2) is 59.3 Å². The first kappa shape index (κ1) is 53.8. The third-order valence-corrected chi connectivity index (χ3v) is 10.1. The number of carbonyl (C=O) groups is 4. The highest BCUT2D eigenvalue weighted by molar-refractivity contribution is 5.87. The summed E-state index contributed by atoms with van der Waals surface area (Å²) < 4.78 is 6.02. The lowest BCUT2D eigenvalue weighted by molar-refractivity contribution is -0.150. The number of hydrogen-bond acceptors (Lipinski definition) is 6. The van der Waals surface area contributed by atoms with Gasteiger partial charge in [-0.15, -0.1) is 0 Å². The number of aliphatic hydroxyl groups excluding tert-OH is 1. The van der Waals surface area contributed by atoms with E-state index in [9.17, 15) is 19.2 Å². The number of carboxylic acid groups (broad SMARTS) is 1. The van der Waals surface area contributed by atoms with Gasteiger partial charge in [0.05, 0.1) is 13.2 Å². The zero-order valence-corrected chi connectivity index (χ0v) is 36.3. The van der Waals surface area contributed by atoms with E-state index in [-0.39, 0.29) is 24.5 Å². The van der Waals surface area contributed by atoms with Crippen molar-refractivity contribution >= 4 is 23.8 Å². The van der Waals surface area contributed by atoms with Gasteiger partial charge in [0.15, 0.2) is 0 Å². The number of allylic oxidation sites excluding steroid dienone is 8. The zero-order chi connectivity index (χ0) is 41.9. The van der Waals surface area contributed by atoms with Crippen LogP contribution >= 0.6 is 0 Å². The fraction of sp³-hybridized carbons (Fsp3) is 0.750. The van der Waals surface area contributed by atoms with Crippen LogP contribution in [0.1, 0.15) is 206 Å². The van der Waals surface area contributed by atoms with Crippen LogP contribution in [0.25, 0.3) is 0 Å². The summed E-state index contributed by atoms with van der Waals surface area (Å²) in [5.41, 5.74) is 0. The first-order valence-electron chi connectivity index (χ1n) is 23.0. The lowest BCUT2D eigenvalue weighted by atomic mass is 10.0. The summed E-state index contributed by atoms with van der Waals surface area (Å²) in [5.74, 6) is -2.30. The van der Waals surface area contributed by atoms with Crippen molar-refractivity contribution < 1.29 is 34.1 Å². The topological polar surface area (TPSA) is 142 Å². The van der Waals surface area contributed by atoms with E-state index >= 15 is 0 Å².